The maximum Gasteiger partial charge on any atom is 0.421 e. The number of piperidine rings is 1. The van der Waals surface area contributed by atoms with E-state index < -0.39 is 5.76 Å². The van der Waals surface area contributed by atoms with Gasteiger partial charge in [0, 0.05) is 6.54 Å². The summed E-state index contributed by atoms with van der Waals surface area (Å²) in [4.78, 5) is 25.4. The summed E-state index contributed by atoms with van der Waals surface area (Å²) in [5.41, 5.74) is 6.75. The number of nitrogens with zero attached hydrogens (tertiary/aromatic N) is 2. The molecule has 0 saturated carbocycles. The molecule has 3 rings (SSSR count). The molecule has 1 amide bonds. The lowest BCUT2D eigenvalue weighted by molar-refractivity contribution is -0.125. The van der Waals surface area contributed by atoms with Crippen LogP contribution in [0.3, 0.4) is 0 Å². The molecule has 1 unspecified atom stereocenters. The highest BCUT2D eigenvalue weighted by atomic mass is 16.4. The van der Waals surface area contributed by atoms with E-state index in [1.165, 1.54) is 0 Å². The molecule has 2 aromatic rings. The molecule has 20 heavy (non-hydrogen) atoms. The van der Waals surface area contributed by atoms with Crippen LogP contribution in [0.5, 0.6) is 0 Å². The van der Waals surface area contributed by atoms with Gasteiger partial charge in [-0.25, -0.2) is 4.79 Å². The molecule has 2 N–H and O–H groups in total. The number of amides is 1. The van der Waals surface area contributed by atoms with Crippen LogP contribution in [-0.4, -0.2) is 28.0 Å². The zero-order chi connectivity index (χ0) is 14.1. The number of carbonyl (C=O) groups is 1. The smallest absolute Gasteiger partial charge is 0.408 e. The number of hydrogen-bond donors (Lipinski definition) is 1. The lowest BCUT2D eigenvalue weighted by Crippen LogP contribution is -2.48. The molecule has 1 atom stereocenters. The molecule has 1 fully saturated rings. The Hall–Kier alpha value is -2.08. The van der Waals surface area contributed by atoms with Crippen LogP contribution < -0.4 is 11.5 Å². The van der Waals surface area contributed by atoms with Gasteiger partial charge in [-0.2, -0.15) is 0 Å². The van der Waals surface area contributed by atoms with Gasteiger partial charge in [-0.3, -0.25) is 14.3 Å². The number of para-hydroxylation sites is 2. The van der Waals surface area contributed by atoms with Crippen molar-refractivity contribution in [2.75, 3.05) is 6.54 Å². The normalized spacial score (nSPS) is 20.3. The average Bonchev–Trinajstić information content (AvgIpc) is 2.76. The van der Waals surface area contributed by atoms with Gasteiger partial charge in [0.25, 0.3) is 0 Å². The second kappa shape index (κ2) is 5.13. The standard InChI is InChI=1S/C14H17N3O3/c15-13(18)11-6-3-4-8-16(11)9-17-10-5-1-2-7-12(10)20-14(17)19/h1-2,5,7,11H,3-4,6,8-9H2,(H2,15,18). The van der Waals surface area contributed by atoms with E-state index in [2.05, 4.69) is 0 Å². The molecule has 1 aromatic heterocycles. The maximum atomic E-state index is 11.9. The number of carbonyl (C=O) groups excluding carboxylic acids is 1. The molecule has 1 saturated heterocycles. The number of benzene rings is 1. The van der Waals surface area contributed by atoms with E-state index in [1.807, 2.05) is 23.1 Å². The number of rotatable bonds is 3. The Morgan fingerprint density at radius 3 is 2.95 bits per heavy atom. The van der Waals surface area contributed by atoms with Crippen LogP contribution in [0.4, 0.5) is 0 Å². The summed E-state index contributed by atoms with van der Waals surface area (Å²) in [5, 5.41) is 0. The van der Waals surface area contributed by atoms with Crippen LogP contribution in [0.25, 0.3) is 11.1 Å². The molecule has 6 heteroatoms. The van der Waals surface area contributed by atoms with Crippen LogP contribution in [0.1, 0.15) is 19.3 Å². The predicted molar refractivity (Wildman–Crippen MR) is 74.0 cm³/mol. The fourth-order valence-electron chi connectivity index (χ4n) is 2.81. The van der Waals surface area contributed by atoms with Crippen molar-refractivity contribution in [2.45, 2.75) is 32.0 Å². The van der Waals surface area contributed by atoms with E-state index in [1.54, 1.807) is 10.6 Å². The third-order valence-electron chi connectivity index (χ3n) is 3.84. The van der Waals surface area contributed by atoms with Crippen molar-refractivity contribution in [3.05, 3.63) is 34.8 Å². The third-order valence-corrected chi connectivity index (χ3v) is 3.84. The lowest BCUT2D eigenvalue weighted by Gasteiger charge is -2.33. The Labute approximate surface area is 115 Å². The van der Waals surface area contributed by atoms with Crippen LogP contribution >= 0.6 is 0 Å². The molecule has 0 radical (unpaired) electrons. The number of hydrogen-bond acceptors (Lipinski definition) is 4. The third kappa shape index (κ3) is 2.22. The predicted octanol–water partition coefficient (Wildman–Crippen LogP) is 0.892. The van der Waals surface area contributed by atoms with Crippen molar-refractivity contribution < 1.29 is 9.21 Å². The van der Waals surface area contributed by atoms with E-state index in [0.717, 1.165) is 31.3 Å². The fourth-order valence-corrected chi connectivity index (χ4v) is 2.81. The SMILES string of the molecule is NC(=O)C1CCCCN1Cn1c(=O)oc2ccccc21. The summed E-state index contributed by atoms with van der Waals surface area (Å²) in [5.74, 6) is -0.731. The fraction of sp³-hybridized carbons (Fsp3) is 0.429. The summed E-state index contributed by atoms with van der Waals surface area (Å²) in [6, 6.07) is 6.97. The molecule has 2 heterocycles. The molecule has 6 nitrogen and oxygen atoms in total. The molecule has 1 aliphatic heterocycles. The van der Waals surface area contributed by atoms with E-state index in [9.17, 15) is 9.59 Å². The quantitative estimate of drug-likeness (QED) is 0.902. The van der Waals surface area contributed by atoms with Gasteiger partial charge in [0.2, 0.25) is 5.91 Å². The van der Waals surface area contributed by atoms with Crippen molar-refractivity contribution >= 4 is 17.0 Å². The van der Waals surface area contributed by atoms with Crippen LogP contribution in [-0.2, 0) is 11.5 Å². The topological polar surface area (TPSA) is 81.5 Å². The minimum Gasteiger partial charge on any atom is -0.408 e. The Kier molecular flexibility index (Phi) is 3.31. The summed E-state index contributed by atoms with van der Waals surface area (Å²) in [6.45, 7) is 1.10. The van der Waals surface area contributed by atoms with Crippen LogP contribution in [0, 0.1) is 0 Å². The highest BCUT2D eigenvalue weighted by Crippen LogP contribution is 2.19. The maximum absolute atomic E-state index is 11.9. The number of oxazole rings is 1. The van der Waals surface area contributed by atoms with E-state index >= 15 is 0 Å². The Morgan fingerprint density at radius 1 is 1.35 bits per heavy atom. The van der Waals surface area contributed by atoms with Crippen LogP contribution in [0.2, 0.25) is 0 Å². The number of fused-ring (bicyclic) bond motifs is 1. The van der Waals surface area contributed by atoms with Crippen molar-refractivity contribution in [1.29, 1.82) is 0 Å². The number of nitrogens with two attached hydrogens (primary N) is 1. The molecular weight excluding hydrogens is 258 g/mol. The monoisotopic (exact) mass is 275 g/mol. The summed E-state index contributed by atoms with van der Waals surface area (Å²) in [6.07, 6.45) is 2.75. The second-order valence-electron chi connectivity index (χ2n) is 5.13. The Bertz CT molecular complexity index is 688. The minimum atomic E-state index is -0.403. The molecule has 0 spiro atoms. The summed E-state index contributed by atoms with van der Waals surface area (Å²) < 4.78 is 6.75. The first kappa shape index (κ1) is 12.9. The average molecular weight is 275 g/mol. The Morgan fingerprint density at radius 2 is 2.15 bits per heavy atom. The van der Waals surface area contributed by atoms with E-state index in [-0.39, 0.29) is 11.9 Å². The summed E-state index contributed by atoms with van der Waals surface area (Å²) >= 11 is 0. The van der Waals surface area contributed by atoms with Crippen LogP contribution in [0.15, 0.2) is 33.5 Å². The van der Waals surface area contributed by atoms with Gasteiger partial charge < -0.3 is 10.2 Å². The summed E-state index contributed by atoms with van der Waals surface area (Å²) in [7, 11) is 0. The minimum absolute atomic E-state index is 0.302. The number of likely N-dealkylation sites (tertiary alicyclic amines) is 1. The lowest BCUT2D eigenvalue weighted by atomic mass is 10.0. The first-order valence-electron chi connectivity index (χ1n) is 6.78. The van der Waals surface area contributed by atoms with Crippen molar-refractivity contribution in [3.63, 3.8) is 0 Å². The van der Waals surface area contributed by atoms with Crippen molar-refractivity contribution in [2.24, 2.45) is 5.73 Å². The van der Waals surface area contributed by atoms with Crippen molar-refractivity contribution in [1.82, 2.24) is 9.47 Å². The highest BCUT2D eigenvalue weighted by Gasteiger charge is 2.27. The zero-order valence-electron chi connectivity index (χ0n) is 11.1. The highest BCUT2D eigenvalue weighted by molar-refractivity contribution is 5.80. The van der Waals surface area contributed by atoms with E-state index in [0.29, 0.717) is 12.3 Å². The molecule has 0 bridgehead atoms. The van der Waals surface area contributed by atoms with Gasteiger partial charge in [0.1, 0.15) is 0 Å². The van der Waals surface area contributed by atoms with Gasteiger partial charge in [-0.1, -0.05) is 18.6 Å². The van der Waals surface area contributed by atoms with Gasteiger partial charge in [0.05, 0.1) is 18.2 Å². The first-order chi connectivity index (χ1) is 9.66. The van der Waals surface area contributed by atoms with Gasteiger partial charge in [-0.15, -0.1) is 0 Å². The molecule has 1 aliphatic rings. The molecule has 106 valence electrons. The zero-order valence-corrected chi connectivity index (χ0v) is 11.1. The number of primary amides is 1. The largest absolute Gasteiger partial charge is 0.421 e. The molecule has 0 aliphatic carbocycles. The van der Waals surface area contributed by atoms with Gasteiger partial charge in [0.15, 0.2) is 5.58 Å². The molecule has 1 aromatic carbocycles. The Balaban J connectivity index is 1.94. The van der Waals surface area contributed by atoms with Crippen molar-refractivity contribution in [3.8, 4) is 0 Å². The van der Waals surface area contributed by atoms with E-state index in [4.69, 9.17) is 10.2 Å². The first-order valence-corrected chi connectivity index (χ1v) is 6.78. The molecular formula is C14H17N3O3. The second-order valence-corrected chi connectivity index (χ2v) is 5.13. The van der Waals surface area contributed by atoms with Gasteiger partial charge in [-0.05, 0) is 25.0 Å². The number of aromatic nitrogens is 1. The van der Waals surface area contributed by atoms with Gasteiger partial charge >= 0.3 is 5.76 Å².